The molecule has 3 rings (SSSR count). The van der Waals surface area contributed by atoms with E-state index in [1.54, 1.807) is 38.4 Å². The fourth-order valence-corrected chi connectivity index (χ4v) is 2.47. The van der Waals surface area contributed by atoms with Crippen LogP contribution in [0.25, 0.3) is 11.0 Å². The van der Waals surface area contributed by atoms with Gasteiger partial charge in [-0.2, -0.15) is 0 Å². The fraction of sp³-hybridized carbons (Fsp3) is 0.158. The minimum atomic E-state index is -0.339. The molecule has 0 unspecified atom stereocenters. The van der Waals surface area contributed by atoms with Crippen LogP contribution >= 0.6 is 0 Å². The van der Waals surface area contributed by atoms with Gasteiger partial charge in [-0.3, -0.25) is 9.59 Å². The molecule has 122 valence electrons. The van der Waals surface area contributed by atoms with E-state index in [1.807, 2.05) is 24.3 Å². The highest BCUT2D eigenvalue weighted by Crippen LogP contribution is 2.16. The maximum absolute atomic E-state index is 12.5. The third-order valence-electron chi connectivity index (χ3n) is 3.77. The van der Waals surface area contributed by atoms with Crippen LogP contribution in [-0.2, 0) is 6.54 Å². The Morgan fingerprint density at radius 2 is 1.83 bits per heavy atom. The first-order valence-corrected chi connectivity index (χ1v) is 7.50. The summed E-state index contributed by atoms with van der Waals surface area (Å²) in [5.74, 6) is 0.455. The van der Waals surface area contributed by atoms with Crippen LogP contribution in [0, 0.1) is 0 Å². The average molecular weight is 323 g/mol. The van der Waals surface area contributed by atoms with Crippen molar-refractivity contribution < 1.29 is 13.9 Å². The highest BCUT2D eigenvalue weighted by Gasteiger charge is 2.17. The second-order valence-electron chi connectivity index (χ2n) is 5.48. The maximum Gasteiger partial charge on any atom is 0.289 e. The molecular formula is C19H17NO4. The molecule has 0 atom stereocenters. The summed E-state index contributed by atoms with van der Waals surface area (Å²) in [7, 11) is 3.27. The van der Waals surface area contributed by atoms with E-state index in [4.69, 9.17) is 9.15 Å². The molecule has 5 heteroatoms. The summed E-state index contributed by atoms with van der Waals surface area (Å²) in [4.78, 5) is 26.2. The monoisotopic (exact) mass is 323 g/mol. The molecule has 0 radical (unpaired) electrons. The smallest absolute Gasteiger partial charge is 0.289 e. The molecule has 5 nitrogen and oxygen atoms in total. The van der Waals surface area contributed by atoms with Crippen LogP contribution in [0.2, 0.25) is 0 Å². The molecule has 1 heterocycles. The highest BCUT2D eigenvalue weighted by atomic mass is 16.5. The number of fused-ring (bicyclic) bond motifs is 1. The van der Waals surface area contributed by atoms with Gasteiger partial charge >= 0.3 is 0 Å². The number of hydrogen-bond donors (Lipinski definition) is 0. The van der Waals surface area contributed by atoms with Crippen LogP contribution in [0.5, 0.6) is 5.75 Å². The predicted molar refractivity (Wildman–Crippen MR) is 91.3 cm³/mol. The Morgan fingerprint density at radius 1 is 1.12 bits per heavy atom. The SMILES string of the molecule is COc1ccc(CN(C)C(=O)c2cc(=O)c3ccccc3o2)cc1. The Labute approximate surface area is 139 Å². The van der Waals surface area contributed by atoms with E-state index in [2.05, 4.69) is 0 Å². The number of nitrogens with zero attached hydrogens (tertiary/aromatic N) is 1. The van der Waals surface area contributed by atoms with Crippen molar-refractivity contribution in [2.24, 2.45) is 0 Å². The van der Waals surface area contributed by atoms with Crippen molar-refractivity contribution in [1.82, 2.24) is 4.90 Å². The lowest BCUT2D eigenvalue weighted by Gasteiger charge is -2.17. The molecule has 0 saturated heterocycles. The van der Waals surface area contributed by atoms with Gasteiger partial charge in [0.25, 0.3) is 5.91 Å². The zero-order chi connectivity index (χ0) is 17.1. The quantitative estimate of drug-likeness (QED) is 0.740. The molecule has 0 N–H and O–H groups in total. The summed E-state index contributed by atoms with van der Waals surface area (Å²) < 4.78 is 10.7. The van der Waals surface area contributed by atoms with E-state index in [-0.39, 0.29) is 17.1 Å². The standard InChI is InChI=1S/C19H17NO4/c1-20(12-13-7-9-14(23-2)10-8-13)19(22)18-11-16(21)15-5-3-4-6-17(15)24-18/h3-11H,12H2,1-2H3. The van der Waals surface area contributed by atoms with Gasteiger partial charge in [-0.1, -0.05) is 24.3 Å². The second kappa shape index (κ2) is 6.58. The average Bonchev–Trinajstić information content (AvgIpc) is 2.61. The zero-order valence-electron chi connectivity index (χ0n) is 13.5. The molecular weight excluding hydrogens is 306 g/mol. The molecule has 0 bridgehead atoms. The lowest BCUT2D eigenvalue weighted by atomic mass is 10.2. The van der Waals surface area contributed by atoms with Crippen LogP contribution in [0.1, 0.15) is 16.1 Å². The van der Waals surface area contributed by atoms with Gasteiger partial charge in [0.1, 0.15) is 11.3 Å². The predicted octanol–water partition coefficient (Wildman–Crippen LogP) is 3.07. The Kier molecular flexibility index (Phi) is 4.33. The summed E-state index contributed by atoms with van der Waals surface area (Å²) >= 11 is 0. The number of carbonyl (C=O) groups is 1. The van der Waals surface area contributed by atoms with E-state index in [0.717, 1.165) is 11.3 Å². The fourth-order valence-electron chi connectivity index (χ4n) is 2.47. The topological polar surface area (TPSA) is 59.8 Å². The van der Waals surface area contributed by atoms with Crippen molar-refractivity contribution in [1.29, 1.82) is 0 Å². The molecule has 24 heavy (non-hydrogen) atoms. The van der Waals surface area contributed by atoms with Gasteiger partial charge in [-0.05, 0) is 29.8 Å². The van der Waals surface area contributed by atoms with E-state index in [9.17, 15) is 9.59 Å². The number of ether oxygens (including phenoxy) is 1. The summed E-state index contributed by atoms with van der Waals surface area (Å²) in [6, 6.07) is 15.6. The van der Waals surface area contributed by atoms with Crippen molar-refractivity contribution in [3.05, 3.63) is 76.1 Å². The number of carbonyl (C=O) groups excluding carboxylic acids is 1. The number of hydrogen-bond acceptors (Lipinski definition) is 4. The Hall–Kier alpha value is -3.08. The molecule has 2 aromatic carbocycles. The van der Waals surface area contributed by atoms with Crippen molar-refractivity contribution >= 4 is 16.9 Å². The van der Waals surface area contributed by atoms with Crippen molar-refractivity contribution in [2.45, 2.75) is 6.54 Å². The van der Waals surface area contributed by atoms with Crippen LogP contribution in [0.4, 0.5) is 0 Å². The molecule has 3 aromatic rings. The lowest BCUT2D eigenvalue weighted by Crippen LogP contribution is -2.27. The molecule has 0 spiro atoms. The Bertz CT molecular complexity index is 928. The minimum absolute atomic E-state index is 0.0368. The van der Waals surface area contributed by atoms with E-state index < -0.39 is 0 Å². The van der Waals surface area contributed by atoms with Crippen molar-refractivity contribution in [3.63, 3.8) is 0 Å². The minimum Gasteiger partial charge on any atom is -0.497 e. The maximum atomic E-state index is 12.5. The van der Waals surface area contributed by atoms with Gasteiger partial charge in [-0.15, -0.1) is 0 Å². The van der Waals surface area contributed by atoms with Gasteiger partial charge in [0.15, 0.2) is 11.2 Å². The van der Waals surface area contributed by atoms with Crippen LogP contribution in [-0.4, -0.2) is 25.0 Å². The molecule has 0 aliphatic heterocycles. The van der Waals surface area contributed by atoms with Crippen LogP contribution in [0.15, 0.2) is 63.8 Å². The highest BCUT2D eigenvalue weighted by molar-refractivity contribution is 5.93. The van der Waals surface area contributed by atoms with Gasteiger partial charge in [0.2, 0.25) is 0 Å². The summed E-state index contributed by atoms with van der Waals surface area (Å²) in [6.45, 7) is 0.402. The van der Waals surface area contributed by atoms with E-state index >= 15 is 0 Å². The van der Waals surface area contributed by atoms with Gasteiger partial charge in [0, 0.05) is 19.7 Å². The van der Waals surface area contributed by atoms with E-state index in [0.29, 0.717) is 17.5 Å². The first kappa shape index (κ1) is 15.8. The molecule has 0 fully saturated rings. The van der Waals surface area contributed by atoms with Crippen molar-refractivity contribution in [2.75, 3.05) is 14.2 Å². The third kappa shape index (κ3) is 3.15. The first-order chi connectivity index (χ1) is 11.6. The molecule has 1 aromatic heterocycles. The normalized spacial score (nSPS) is 10.6. The summed E-state index contributed by atoms with van der Waals surface area (Å²) in [5.41, 5.74) is 1.14. The second-order valence-corrected chi connectivity index (χ2v) is 5.48. The number of methoxy groups -OCH3 is 1. The molecule has 0 aliphatic rings. The van der Waals surface area contributed by atoms with Gasteiger partial charge in [0.05, 0.1) is 12.5 Å². The summed E-state index contributed by atoms with van der Waals surface area (Å²) in [5, 5.41) is 0.465. The molecule has 0 saturated carbocycles. The largest absolute Gasteiger partial charge is 0.497 e. The Balaban J connectivity index is 1.83. The lowest BCUT2D eigenvalue weighted by molar-refractivity contribution is 0.0754. The first-order valence-electron chi connectivity index (χ1n) is 7.50. The van der Waals surface area contributed by atoms with E-state index in [1.165, 1.54) is 11.0 Å². The number of benzene rings is 2. The molecule has 1 amide bonds. The zero-order valence-corrected chi connectivity index (χ0v) is 13.5. The third-order valence-corrected chi connectivity index (χ3v) is 3.77. The van der Waals surface area contributed by atoms with Crippen LogP contribution in [0.3, 0.4) is 0 Å². The number of amides is 1. The summed E-state index contributed by atoms with van der Waals surface area (Å²) in [6.07, 6.45) is 0. The van der Waals surface area contributed by atoms with Crippen LogP contribution < -0.4 is 10.2 Å². The number of para-hydroxylation sites is 1. The Morgan fingerprint density at radius 3 is 2.54 bits per heavy atom. The van der Waals surface area contributed by atoms with Gasteiger partial charge in [-0.25, -0.2) is 0 Å². The van der Waals surface area contributed by atoms with Gasteiger partial charge < -0.3 is 14.1 Å². The van der Waals surface area contributed by atoms with Crippen molar-refractivity contribution in [3.8, 4) is 5.75 Å². The molecule has 0 aliphatic carbocycles. The number of rotatable bonds is 4.